The van der Waals surface area contributed by atoms with Gasteiger partial charge in [0.1, 0.15) is 23.0 Å². The standard InChI is InChI=1S/C11H14N4O3S/c1-6-8-9(12-5-13-10(8)19-15-6)14-7(11(16)17)3-4-18-2/h5,7H,3-4H2,1-2H3,(H,16,17)(H,12,13,14). The van der Waals surface area contributed by atoms with Crippen LogP contribution < -0.4 is 5.32 Å². The van der Waals surface area contributed by atoms with Crippen LogP contribution in [0.4, 0.5) is 5.82 Å². The molecule has 7 nitrogen and oxygen atoms in total. The summed E-state index contributed by atoms with van der Waals surface area (Å²) in [6.45, 7) is 2.21. The van der Waals surface area contributed by atoms with Gasteiger partial charge in [-0.25, -0.2) is 14.8 Å². The molecule has 0 saturated heterocycles. The summed E-state index contributed by atoms with van der Waals surface area (Å²) in [5, 5.41) is 12.9. The maximum absolute atomic E-state index is 11.2. The van der Waals surface area contributed by atoms with E-state index in [0.717, 1.165) is 15.9 Å². The van der Waals surface area contributed by atoms with E-state index in [2.05, 4.69) is 19.7 Å². The fourth-order valence-electron chi connectivity index (χ4n) is 1.69. The Morgan fingerprint density at radius 2 is 2.37 bits per heavy atom. The summed E-state index contributed by atoms with van der Waals surface area (Å²) in [5.74, 6) is -0.440. The minimum Gasteiger partial charge on any atom is -0.480 e. The third-order valence-corrected chi connectivity index (χ3v) is 3.51. The van der Waals surface area contributed by atoms with Crippen LogP contribution in [-0.4, -0.2) is 45.2 Å². The van der Waals surface area contributed by atoms with E-state index in [1.165, 1.54) is 25.0 Å². The molecule has 2 N–H and O–H groups in total. The van der Waals surface area contributed by atoms with Crippen LogP contribution in [0, 0.1) is 6.92 Å². The number of carboxylic acid groups (broad SMARTS) is 1. The largest absolute Gasteiger partial charge is 0.480 e. The Morgan fingerprint density at radius 1 is 1.58 bits per heavy atom. The predicted octanol–water partition coefficient (Wildman–Crippen LogP) is 1.30. The lowest BCUT2D eigenvalue weighted by Gasteiger charge is -2.15. The number of anilines is 1. The van der Waals surface area contributed by atoms with Crippen molar-refractivity contribution in [1.82, 2.24) is 14.3 Å². The normalized spacial score (nSPS) is 12.5. The predicted molar refractivity (Wildman–Crippen MR) is 71.5 cm³/mol. The Bertz CT molecular complexity index is 586. The number of nitrogens with zero attached hydrogens (tertiary/aromatic N) is 3. The Hall–Kier alpha value is -1.80. The smallest absolute Gasteiger partial charge is 0.326 e. The minimum atomic E-state index is -0.940. The van der Waals surface area contributed by atoms with Crippen LogP contribution in [0.25, 0.3) is 10.2 Å². The number of hydrogen-bond acceptors (Lipinski definition) is 7. The van der Waals surface area contributed by atoms with Crippen LogP contribution in [0.15, 0.2) is 6.33 Å². The maximum Gasteiger partial charge on any atom is 0.326 e. The van der Waals surface area contributed by atoms with Crippen molar-refractivity contribution in [2.75, 3.05) is 19.0 Å². The van der Waals surface area contributed by atoms with Gasteiger partial charge in [-0.05, 0) is 18.5 Å². The SMILES string of the molecule is COCCC(Nc1ncnc2snc(C)c12)C(=O)O. The van der Waals surface area contributed by atoms with Crippen molar-refractivity contribution in [2.45, 2.75) is 19.4 Å². The molecule has 0 radical (unpaired) electrons. The third kappa shape index (κ3) is 2.96. The van der Waals surface area contributed by atoms with Gasteiger partial charge >= 0.3 is 5.97 Å². The number of fused-ring (bicyclic) bond motifs is 1. The number of aliphatic carboxylic acids is 1. The topological polar surface area (TPSA) is 97.2 Å². The number of carboxylic acids is 1. The zero-order valence-electron chi connectivity index (χ0n) is 10.6. The molecule has 0 saturated carbocycles. The van der Waals surface area contributed by atoms with Crippen LogP contribution in [0.3, 0.4) is 0 Å². The molecule has 0 aliphatic carbocycles. The highest BCUT2D eigenvalue weighted by Gasteiger charge is 2.20. The number of ether oxygens (including phenoxy) is 1. The number of nitrogens with one attached hydrogen (secondary N) is 1. The first-order chi connectivity index (χ1) is 9.13. The molecule has 0 bridgehead atoms. The van der Waals surface area contributed by atoms with Gasteiger partial charge in [0, 0.05) is 20.1 Å². The van der Waals surface area contributed by atoms with Crippen molar-refractivity contribution in [3.8, 4) is 0 Å². The number of carbonyl (C=O) groups is 1. The lowest BCUT2D eigenvalue weighted by Crippen LogP contribution is -2.31. The van der Waals surface area contributed by atoms with Crippen LogP contribution in [-0.2, 0) is 9.53 Å². The zero-order chi connectivity index (χ0) is 13.8. The summed E-state index contributed by atoms with van der Waals surface area (Å²) in [5.41, 5.74) is 0.791. The molecule has 2 rings (SSSR count). The molecule has 0 aromatic carbocycles. The second-order valence-corrected chi connectivity index (χ2v) is 4.74. The quantitative estimate of drug-likeness (QED) is 0.824. The minimum absolute atomic E-state index is 0.355. The zero-order valence-corrected chi connectivity index (χ0v) is 11.4. The highest BCUT2D eigenvalue weighted by atomic mass is 32.1. The molecule has 0 fully saturated rings. The summed E-state index contributed by atoms with van der Waals surface area (Å²) in [6, 6.07) is -0.752. The molecule has 0 spiro atoms. The van der Waals surface area contributed by atoms with Gasteiger partial charge in [-0.1, -0.05) is 0 Å². The first kappa shape index (κ1) is 13.6. The lowest BCUT2D eigenvalue weighted by molar-refractivity contribution is -0.138. The van der Waals surface area contributed by atoms with Crippen molar-refractivity contribution >= 4 is 33.5 Å². The van der Waals surface area contributed by atoms with Crippen LogP contribution in [0.5, 0.6) is 0 Å². The molecule has 0 aliphatic rings. The Balaban J connectivity index is 2.28. The summed E-state index contributed by atoms with van der Waals surface area (Å²) in [4.78, 5) is 20.2. The first-order valence-electron chi connectivity index (χ1n) is 5.68. The molecular formula is C11H14N4O3S. The van der Waals surface area contributed by atoms with Crippen LogP contribution >= 0.6 is 11.5 Å². The van der Waals surface area contributed by atoms with Crippen molar-refractivity contribution in [2.24, 2.45) is 0 Å². The fourth-order valence-corrected chi connectivity index (χ4v) is 2.43. The number of aromatic nitrogens is 3. The van der Waals surface area contributed by atoms with Gasteiger partial charge in [-0.15, -0.1) is 0 Å². The first-order valence-corrected chi connectivity index (χ1v) is 6.46. The van der Waals surface area contributed by atoms with Gasteiger partial charge in [-0.2, -0.15) is 4.37 Å². The molecule has 102 valence electrons. The molecule has 0 amide bonds. The van der Waals surface area contributed by atoms with E-state index in [9.17, 15) is 9.90 Å². The summed E-state index contributed by atoms with van der Waals surface area (Å²) in [7, 11) is 1.54. The van der Waals surface area contributed by atoms with E-state index in [1.807, 2.05) is 6.92 Å². The van der Waals surface area contributed by atoms with Crippen molar-refractivity contribution in [3.05, 3.63) is 12.0 Å². The number of hydrogen-bond donors (Lipinski definition) is 2. The summed E-state index contributed by atoms with van der Waals surface area (Å²) < 4.78 is 9.11. The van der Waals surface area contributed by atoms with Gasteiger partial charge in [0.25, 0.3) is 0 Å². The van der Waals surface area contributed by atoms with Gasteiger partial charge in [0.2, 0.25) is 0 Å². The Labute approximate surface area is 113 Å². The van der Waals surface area contributed by atoms with Gasteiger partial charge < -0.3 is 15.2 Å². The second kappa shape index (κ2) is 5.89. The van der Waals surface area contributed by atoms with Crippen LogP contribution in [0.2, 0.25) is 0 Å². The molecular weight excluding hydrogens is 268 g/mol. The monoisotopic (exact) mass is 282 g/mol. The van der Waals surface area contributed by atoms with E-state index in [-0.39, 0.29) is 0 Å². The highest BCUT2D eigenvalue weighted by Crippen LogP contribution is 2.26. The average molecular weight is 282 g/mol. The van der Waals surface area contributed by atoms with Crippen molar-refractivity contribution < 1.29 is 14.6 Å². The number of aryl methyl sites for hydroxylation is 1. The molecule has 2 aromatic heterocycles. The molecule has 2 heterocycles. The lowest BCUT2D eigenvalue weighted by atomic mass is 10.2. The van der Waals surface area contributed by atoms with Crippen molar-refractivity contribution in [3.63, 3.8) is 0 Å². The van der Waals surface area contributed by atoms with E-state index in [1.54, 1.807) is 0 Å². The van der Waals surface area contributed by atoms with Gasteiger partial charge in [-0.3, -0.25) is 0 Å². The molecule has 1 unspecified atom stereocenters. The molecule has 2 aromatic rings. The van der Waals surface area contributed by atoms with E-state index >= 15 is 0 Å². The molecule has 19 heavy (non-hydrogen) atoms. The van der Waals surface area contributed by atoms with Gasteiger partial charge in [0.15, 0.2) is 0 Å². The van der Waals surface area contributed by atoms with E-state index < -0.39 is 12.0 Å². The maximum atomic E-state index is 11.2. The summed E-state index contributed by atoms with van der Waals surface area (Å²) >= 11 is 1.27. The van der Waals surface area contributed by atoms with E-state index in [0.29, 0.717) is 18.8 Å². The molecule has 0 aliphatic heterocycles. The number of rotatable bonds is 6. The summed E-state index contributed by atoms with van der Waals surface area (Å²) in [6.07, 6.45) is 1.76. The van der Waals surface area contributed by atoms with E-state index in [4.69, 9.17) is 4.74 Å². The highest BCUT2D eigenvalue weighted by molar-refractivity contribution is 7.13. The fraction of sp³-hybridized carbons (Fsp3) is 0.455. The van der Waals surface area contributed by atoms with Crippen molar-refractivity contribution in [1.29, 1.82) is 0 Å². The number of methoxy groups -OCH3 is 1. The Morgan fingerprint density at radius 3 is 3.05 bits per heavy atom. The third-order valence-electron chi connectivity index (χ3n) is 2.66. The molecule has 1 atom stereocenters. The Kier molecular flexibility index (Phi) is 4.23. The van der Waals surface area contributed by atoms with Crippen LogP contribution in [0.1, 0.15) is 12.1 Å². The average Bonchev–Trinajstić information content (AvgIpc) is 2.77. The second-order valence-electron chi connectivity index (χ2n) is 3.99. The van der Waals surface area contributed by atoms with Gasteiger partial charge in [0.05, 0.1) is 11.1 Å². The molecule has 8 heteroatoms.